The zero-order chi connectivity index (χ0) is 9.90. The molecular weight excluding hydrogens is 216 g/mol. The van der Waals surface area contributed by atoms with E-state index in [1.54, 1.807) is 12.1 Å². The van der Waals surface area contributed by atoms with Gasteiger partial charge in [-0.1, -0.05) is 17.7 Å². The number of alkyl halides is 2. The van der Waals surface area contributed by atoms with Gasteiger partial charge in [-0.15, -0.1) is 0 Å². The summed E-state index contributed by atoms with van der Waals surface area (Å²) in [6.07, 6.45) is 0. The van der Waals surface area contributed by atoms with Gasteiger partial charge in [0.1, 0.15) is 0 Å². The van der Waals surface area contributed by atoms with Gasteiger partial charge in [0.05, 0.1) is 0 Å². The van der Waals surface area contributed by atoms with E-state index in [4.69, 9.17) is 16.9 Å². The fourth-order valence-corrected chi connectivity index (χ4v) is 1.63. The van der Waals surface area contributed by atoms with Crippen LogP contribution in [0.3, 0.4) is 0 Å². The average Bonchev–Trinajstić information content (AvgIpc) is 2.03. The van der Waals surface area contributed by atoms with Gasteiger partial charge in [-0.3, -0.25) is 0 Å². The predicted molar refractivity (Wildman–Crippen MR) is 47.9 cm³/mol. The molecule has 13 heavy (non-hydrogen) atoms. The topological polar surface area (TPSA) is 23.8 Å². The Bertz CT molecular complexity index is 348. The zero-order valence-corrected chi connectivity index (χ0v) is 7.87. The maximum Gasteiger partial charge on any atom is 0.384 e. The third-order valence-electron chi connectivity index (χ3n) is 1.17. The average molecular weight is 220 g/mol. The lowest BCUT2D eigenvalue weighted by Gasteiger charge is -2.05. The number of nitrogens with zero attached hydrogens (tertiary/aromatic N) is 1. The van der Waals surface area contributed by atoms with E-state index in [1.165, 1.54) is 12.1 Å². The van der Waals surface area contributed by atoms with Gasteiger partial charge in [0.15, 0.2) is 6.07 Å². The highest BCUT2D eigenvalue weighted by Gasteiger charge is 2.29. The molecule has 0 fully saturated rings. The number of halogens is 3. The quantitative estimate of drug-likeness (QED) is 0.711. The Morgan fingerprint density at radius 2 is 2.15 bits per heavy atom. The summed E-state index contributed by atoms with van der Waals surface area (Å²) in [5, 5.41) is 5.05. The van der Waals surface area contributed by atoms with Crippen molar-refractivity contribution in [2.45, 2.75) is 10.2 Å². The van der Waals surface area contributed by atoms with E-state index in [9.17, 15) is 8.78 Å². The van der Waals surface area contributed by atoms with Crippen molar-refractivity contribution in [3.63, 3.8) is 0 Å². The van der Waals surface area contributed by atoms with E-state index in [1.807, 2.05) is 0 Å². The van der Waals surface area contributed by atoms with Gasteiger partial charge < -0.3 is 0 Å². The summed E-state index contributed by atoms with van der Waals surface area (Å²) in [7, 11) is 0. The molecule has 0 aliphatic rings. The van der Waals surface area contributed by atoms with Gasteiger partial charge in [-0.25, -0.2) is 0 Å². The first-order chi connectivity index (χ1) is 6.03. The third-order valence-corrected chi connectivity index (χ3v) is 2.24. The molecule has 1 aromatic carbocycles. The van der Waals surface area contributed by atoms with Gasteiger partial charge in [0.2, 0.25) is 0 Å². The molecule has 0 atom stereocenters. The Kier molecular flexibility index (Phi) is 3.12. The fourth-order valence-electron chi connectivity index (χ4n) is 0.701. The highest BCUT2D eigenvalue weighted by molar-refractivity contribution is 8.00. The number of nitriles is 1. The van der Waals surface area contributed by atoms with E-state index >= 15 is 0 Å². The Morgan fingerprint density at radius 1 is 1.46 bits per heavy atom. The van der Waals surface area contributed by atoms with Crippen LogP contribution in [0.1, 0.15) is 0 Å². The molecule has 0 spiro atoms. The van der Waals surface area contributed by atoms with Crippen molar-refractivity contribution in [3.8, 4) is 6.07 Å². The van der Waals surface area contributed by atoms with Crippen LogP contribution in [0.4, 0.5) is 8.78 Å². The van der Waals surface area contributed by atoms with Crippen LogP contribution in [0, 0.1) is 11.3 Å². The molecule has 0 aliphatic carbocycles. The molecule has 5 heteroatoms. The molecule has 0 saturated carbocycles. The summed E-state index contributed by atoms with van der Waals surface area (Å²) in [5.74, 6) is 0. The second-order valence-electron chi connectivity index (χ2n) is 2.19. The van der Waals surface area contributed by atoms with E-state index in [0.29, 0.717) is 5.02 Å². The van der Waals surface area contributed by atoms with Gasteiger partial charge >= 0.3 is 5.25 Å². The van der Waals surface area contributed by atoms with Crippen LogP contribution in [0.25, 0.3) is 0 Å². The molecular formula is C8H4ClF2NS. The number of hydrogen-bond donors (Lipinski definition) is 0. The molecule has 0 amide bonds. The lowest BCUT2D eigenvalue weighted by Crippen LogP contribution is -2.04. The molecule has 0 heterocycles. The Morgan fingerprint density at radius 3 is 2.69 bits per heavy atom. The van der Waals surface area contributed by atoms with Crippen molar-refractivity contribution in [2.24, 2.45) is 0 Å². The molecule has 1 aromatic rings. The van der Waals surface area contributed by atoms with Crippen molar-refractivity contribution in [1.29, 1.82) is 5.26 Å². The summed E-state index contributed by atoms with van der Waals surface area (Å²) in [6, 6.07) is 6.89. The van der Waals surface area contributed by atoms with Crippen LogP contribution in [0.2, 0.25) is 5.02 Å². The minimum absolute atomic E-state index is 0.181. The molecule has 1 rings (SSSR count). The van der Waals surface area contributed by atoms with Gasteiger partial charge in [-0.2, -0.15) is 14.0 Å². The van der Waals surface area contributed by atoms with Crippen molar-refractivity contribution < 1.29 is 8.78 Å². The van der Waals surface area contributed by atoms with Gasteiger partial charge in [0, 0.05) is 9.92 Å². The van der Waals surface area contributed by atoms with E-state index < -0.39 is 5.25 Å². The first-order valence-corrected chi connectivity index (χ1v) is 4.46. The van der Waals surface area contributed by atoms with Crippen molar-refractivity contribution in [3.05, 3.63) is 29.3 Å². The lowest BCUT2D eigenvalue weighted by molar-refractivity contribution is 0.171. The second-order valence-corrected chi connectivity index (χ2v) is 3.81. The zero-order valence-electron chi connectivity index (χ0n) is 6.30. The Hall–Kier alpha value is -0.790. The molecule has 0 saturated heterocycles. The summed E-state index contributed by atoms with van der Waals surface area (Å²) in [5.41, 5.74) is 0. The standard InChI is InChI=1S/C8H4ClF2NS/c9-6-2-1-3-7(4-6)13-8(10,11)5-12/h1-4H. The smallest absolute Gasteiger partial charge is 0.191 e. The first kappa shape index (κ1) is 10.3. The SMILES string of the molecule is N#CC(F)(F)Sc1cccc(Cl)c1. The van der Waals surface area contributed by atoms with Crippen LogP contribution < -0.4 is 0 Å². The minimum Gasteiger partial charge on any atom is -0.191 e. The summed E-state index contributed by atoms with van der Waals surface area (Å²) in [6.45, 7) is 0. The van der Waals surface area contributed by atoms with Crippen LogP contribution >= 0.6 is 23.4 Å². The van der Waals surface area contributed by atoms with Crippen LogP contribution in [0.5, 0.6) is 0 Å². The lowest BCUT2D eigenvalue weighted by atomic mass is 10.4. The van der Waals surface area contributed by atoms with Gasteiger partial charge in [0.25, 0.3) is 0 Å². The molecule has 0 bridgehead atoms. The van der Waals surface area contributed by atoms with Crippen LogP contribution in [-0.4, -0.2) is 5.25 Å². The largest absolute Gasteiger partial charge is 0.384 e. The number of thioether (sulfide) groups is 1. The first-order valence-electron chi connectivity index (χ1n) is 3.27. The monoisotopic (exact) mass is 219 g/mol. The Labute approximate surface area is 83.3 Å². The number of benzene rings is 1. The molecule has 0 N–H and O–H groups in total. The van der Waals surface area contributed by atoms with Crippen molar-refractivity contribution in [1.82, 2.24) is 0 Å². The maximum atomic E-state index is 12.5. The molecule has 0 aliphatic heterocycles. The van der Waals surface area contributed by atoms with E-state index in [0.717, 1.165) is 6.07 Å². The number of rotatable bonds is 2. The van der Waals surface area contributed by atoms with Crippen LogP contribution in [-0.2, 0) is 0 Å². The van der Waals surface area contributed by atoms with Crippen molar-refractivity contribution in [2.75, 3.05) is 0 Å². The minimum atomic E-state index is -3.40. The highest BCUT2D eigenvalue weighted by atomic mass is 35.5. The second kappa shape index (κ2) is 3.95. The molecule has 0 radical (unpaired) electrons. The van der Waals surface area contributed by atoms with E-state index in [-0.39, 0.29) is 16.7 Å². The van der Waals surface area contributed by atoms with Gasteiger partial charge in [-0.05, 0) is 30.0 Å². The Balaban J connectivity index is 2.82. The van der Waals surface area contributed by atoms with Crippen LogP contribution in [0.15, 0.2) is 29.2 Å². The summed E-state index contributed by atoms with van der Waals surface area (Å²) in [4.78, 5) is 0.277. The normalized spacial score (nSPS) is 10.9. The highest BCUT2D eigenvalue weighted by Crippen LogP contribution is 2.35. The molecule has 68 valence electrons. The summed E-state index contributed by atoms with van der Waals surface area (Å²) >= 11 is 5.76. The van der Waals surface area contributed by atoms with Crippen molar-refractivity contribution >= 4 is 23.4 Å². The third kappa shape index (κ3) is 3.21. The van der Waals surface area contributed by atoms with E-state index in [2.05, 4.69) is 0 Å². The maximum absolute atomic E-state index is 12.5. The molecule has 0 aromatic heterocycles. The number of hydrogen-bond acceptors (Lipinski definition) is 2. The summed E-state index contributed by atoms with van der Waals surface area (Å²) < 4.78 is 25.1. The molecule has 0 unspecified atom stereocenters. The molecule has 1 nitrogen and oxygen atoms in total. The fraction of sp³-hybridized carbons (Fsp3) is 0.125. The predicted octanol–water partition coefficient (Wildman–Crippen LogP) is 3.55.